The Balaban J connectivity index is 1.41. The zero-order valence-electron chi connectivity index (χ0n) is 25.2. The largest absolute Gasteiger partial charge is 0.324 e. The Morgan fingerprint density at radius 1 is 0.412 bits per heavy atom. The van der Waals surface area contributed by atoms with Crippen molar-refractivity contribution in [2.75, 3.05) is 16.0 Å². The SMILES string of the molecule is O=S(=O)(O)c1ccc(Nc2nc(Nc3ccc4c(S(=O)(=O)O)cccc4c3)nc(Nc3ccc4c(S(=O)(=O)O)cc(S(=O)(=O)O)cc4c3)n2)cc1. The van der Waals surface area contributed by atoms with Crippen LogP contribution in [0.5, 0.6) is 0 Å². The van der Waals surface area contributed by atoms with Crippen LogP contribution in [-0.2, 0) is 40.5 Å². The molecule has 6 aromatic rings. The third-order valence-corrected chi connectivity index (χ3v) is 10.6. The number of rotatable bonds is 10. The van der Waals surface area contributed by atoms with Crippen LogP contribution in [0.15, 0.2) is 111 Å². The molecule has 0 radical (unpaired) electrons. The standard InChI is InChI=1S/C29H22N6O12S4/c36-48(37,38)21-8-4-18(5-9-21)30-27-33-28(31-19-6-10-23-16(12-19)2-1-3-25(23)50(42,43)44)35-29(34-27)32-20-7-11-24-17(13-20)14-22(49(39,40)41)15-26(24)51(45,46)47/h1-15H,(H,36,37,38)(H,39,40,41)(H,42,43,44)(H,45,46,47)(H3,30,31,32,33,34,35). The predicted octanol–water partition coefficient (Wildman–Crippen LogP) is 4.40. The molecule has 5 aromatic carbocycles. The summed E-state index contributed by atoms with van der Waals surface area (Å²) in [5.41, 5.74) is 0.840. The van der Waals surface area contributed by atoms with Gasteiger partial charge in [-0.15, -0.1) is 0 Å². The minimum atomic E-state index is -4.92. The summed E-state index contributed by atoms with van der Waals surface area (Å²) in [6.45, 7) is 0. The van der Waals surface area contributed by atoms with Crippen LogP contribution in [0.2, 0.25) is 0 Å². The van der Waals surface area contributed by atoms with E-state index in [1.165, 1.54) is 54.6 Å². The topological polar surface area (TPSA) is 292 Å². The molecule has 0 saturated carbocycles. The van der Waals surface area contributed by atoms with Gasteiger partial charge in [0.2, 0.25) is 17.8 Å². The second-order valence-electron chi connectivity index (χ2n) is 10.7. The molecule has 6 rings (SSSR count). The van der Waals surface area contributed by atoms with E-state index in [9.17, 15) is 51.9 Å². The molecule has 0 amide bonds. The van der Waals surface area contributed by atoms with E-state index in [4.69, 9.17) is 0 Å². The van der Waals surface area contributed by atoms with Gasteiger partial charge >= 0.3 is 0 Å². The zero-order valence-corrected chi connectivity index (χ0v) is 28.5. The summed E-state index contributed by atoms with van der Waals surface area (Å²) in [7, 11) is -18.8. The molecule has 1 aromatic heterocycles. The summed E-state index contributed by atoms with van der Waals surface area (Å²) in [5, 5.41) is 9.28. The number of hydrogen-bond acceptors (Lipinski definition) is 14. The van der Waals surface area contributed by atoms with Crippen LogP contribution < -0.4 is 16.0 Å². The number of hydrogen-bond donors (Lipinski definition) is 7. The molecule has 0 saturated heterocycles. The fourth-order valence-electron chi connectivity index (χ4n) is 4.95. The van der Waals surface area contributed by atoms with Crippen molar-refractivity contribution in [2.24, 2.45) is 0 Å². The lowest BCUT2D eigenvalue weighted by molar-refractivity contribution is 0.479. The number of anilines is 6. The number of fused-ring (bicyclic) bond motifs is 2. The van der Waals surface area contributed by atoms with Crippen LogP contribution >= 0.6 is 0 Å². The van der Waals surface area contributed by atoms with E-state index < -0.39 is 50.3 Å². The van der Waals surface area contributed by atoms with Crippen molar-refractivity contribution >= 4 is 96.9 Å². The number of nitrogens with zero attached hydrogens (tertiary/aromatic N) is 3. The van der Waals surface area contributed by atoms with E-state index in [0.717, 1.165) is 18.2 Å². The highest BCUT2D eigenvalue weighted by Gasteiger charge is 2.21. The lowest BCUT2D eigenvalue weighted by Gasteiger charge is -2.13. The second-order valence-corrected chi connectivity index (χ2v) is 16.3. The fourth-order valence-corrected chi connectivity index (χ4v) is 7.50. The Bertz CT molecular complexity index is 2840. The third-order valence-electron chi connectivity index (χ3n) is 7.14. The van der Waals surface area contributed by atoms with Gasteiger partial charge in [0.05, 0.1) is 9.79 Å². The molecular weight excluding hydrogens is 753 g/mol. The van der Waals surface area contributed by atoms with E-state index in [1.807, 2.05) is 0 Å². The van der Waals surface area contributed by atoms with Gasteiger partial charge in [0, 0.05) is 27.8 Å². The van der Waals surface area contributed by atoms with E-state index in [1.54, 1.807) is 12.1 Å². The summed E-state index contributed by atoms with van der Waals surface area (Å²) in [4.78, 5) is 10.7. The summed E-state index contributed by atoms with van der Waals surface area (Å²) >= 11 is 0. The molecule has 0 fully saturated rings. The van der Waals surface area contributed by atoms with Crippen LogP contribution in [0.1, 0.15) is 0 Å². The van der Waals surface area contributed by atoms with Gasteiger partial charge in [0.1, 0.15) is 9.79 Å². The maximum atomic E-state index is 12.0. The van der Waals surface area contributed by atoms with Gasteiger partial charge in [-0.05, 0) is 77.5 Å². The van der Waals surface area contributed by atoms with Crippen LogP contribution in [-0.4, -0.2) is 66.8 Å². The molecule has 0 unspecified atom stereocenters. The lowest BCUT2D eigenvalue weighted by Crippen LogP contribution is -2.08. The Morgan fingerprint density at radius 3 is 1.35 bits per heavy atom. The monoisotopic (exact) mass is 774 g/mol. The Labute approximate surface area is 289 Å². The molecule has 0 aliphatic carbocycles. The number of nitrogens with one attached hydrogen (secondary N) is 3. The van der Waals surface area contributed by atoms with Crippen LogP contribution in [0, 0.1) is 0 Å². The molecule has 0 bridgehead atoms. The first-order valence-corrected chi connectivity index (χ1v) is 19.7. The quantitative estimate of drug-likeness (QED) is 0.0949. The highest BCUT2D eigenvalue weighted by Crippen LogP contribution is 2.31. The van der Waals surface area contributed by atoms with Gasteiger partial charge in [-0.25, -0.2) is 0 Å². The molecule has 0 aliphatic rings. The summed E-state index contributed by atoms with van der Waals surface area (Å²) in [6.07, 6.45) is 0. The Morgan fingerprint density at radius 2 is 0.863 bits per heavy atom. The van der Waals surface area contributed by atoms with E-state index >= 15 is 0 Å². The summed E-state index contributed by atoms with van der Waals surface area (Å²) < 4.78 is 133. The average molecular weight is 775 g/mol. The highest BCUT2D eigenvalue weighted by molar-refractivity contribution is 7.87. The van der Waals surface area contributed by atoms with Crippen LogP contribution in [0.4, 0.5) is 34.9 Å². The van der Waals surface area contributed by atoms with Crippen molar-refractivity contribution in [1.82, 2.24) is 15.0 Å². The van der Waals surface area contributed by atoms with Gasteiger partial charge in [-0.1, -0.05) is 24.3 Å². The van der Waals surface area contributed by atoms with Gasteiger partial charge in [0.25, 0.3) is 40.5 Å². The first-order chi connectivity index (χ1) is 23.7. The van der Waals surface area contributed by atoms with Gasteiger partial charge in [-0.2, -0.15) is 48.6 Å². The Kier molecular flexibility index (Phi) is 8.89. The molecule has 1 heterocycles. The highest BCUT2D eigenvalue weighted by atomic mass is 32.2. The predicted molar refractivity (Wildman–Crippen MR) is 183 cm³/mol. The number of benzene rings is 5. The van der Waals surface area contributed by atoms with Crippen molar-refractivity contribution in [1.29, 1.82) is 0 Å². The molecule has 51 heavy (non-hydrogen) atoms. The molecule has 264 valence electrons. The molecule has 0 aliphatic heterocycles. The van der Waals surface area contributed by atoms with Gasteiger partial charge in [0.15, 0.2) is 0 Å². The molecule has 0 atom stereocenters. The molecule has 0 spiro atoms. The summed E-state index contributed by atoms with van der Waals surface area (Å²) in [5.74, 6) is -0.329. The average Bonchev–Trinajstić information content (AvgIpc) is 3.02. The van der Waals surface area contributed by atoms with E-state index in [2.05, 4.69) is 30.9 Å². The minimum Gasteiger partial charge on any atom is -0.324 e. The molecular formula is C29H22N6O12S4. The normalized spacial score (nSPS) is 12.5. The molecule has 22 heteroatoms. The van der Waals surface area contributed by atoms with Crippen LogP contribution in [0.25, 0.3) is 21.5 Å². The maximum absolute atomic E-state index is 12.0. The smallest absolute Gasteiger partial charge is 0.295 e. The van der Waals surface area contributed by atoms with Gasteiger partial charge < -0.3 is 16.0 Å². The van der Waals surface area contributed by atoms with Crippen LogP contribution in [0.3, 0.4) is 0 Å². The second kappa shape index (κ2) is 12.8. The van der Waals surface area contributed by atoms with E-state index in [-0.39, 0.29) is 55.2 Å². The van der Waals surface area contributed by atoms with Crippen molar-refractivity contribution < 1.29 is 51.9 Å². The molecule has 18 nitrogen and oxygen atoms in total. The maximum Gasteiger partial charge on any atom is 0.295 e. The minimum absolute atomic E-state index is 0.0205. The van der Waals surface area contributed by atoms with Crippen molar-refractivity contribution in [3.63, 3.8) is 0 Å². The first-order valence-electron chi connectivity index (χ1n) is 13.9. The zero-order chi connectivity index (χ0) is 36.9. The first kappa shape index (κ1) is 35.5. The van der Waals surface area contributed by atoms with Crippen molar-refractivity contribution in [2.45, 2.75) is 19.6 Å². The lowest BCUT2D eigenvalue weighted by atomic mass is 10.1. The Hall–Kier alpha value is -5.33. The van der Waals surface area contributed by atoms with Gasteiger partial charge in [-0.3, -0.25) is 18.2 Å². The van der Waals surface area contributed by atoms with E-state index in [0.29, 0.717) is 17.1 Å². The van der Waals surface area contributed by atoms with Crippen molar-refractivity contribution in [3.05, 3.63) is 91.0 Å². The summed E-state index contributed by atoms with van der Waals surface area (Å²) in [6, 6.07) is 19.3. The number of aromatic nitrogens is 3. The fraction of sp³-hybridized carbons (Fsp3) is 0. The van der Waals surface area contributed by atoms with Crippen molar-refractivity contribution in [3.8, 4) is 0 Å². The third kappa shape index (κ3) is 8.03. The molecule has 7 N–H and O–H groups in total.